The molecule has 2 unspecified atom stereocenters. The van der Waals surface area contributed by atoms with E-state index in [1.54, 1.807) is 0 Å². The zero-order chi connectivity index (χ0) is 44.4. The Labute approximate surface area is 384 Å². The molecule has 0 saturated heterocycles. The number of ether oxygens (including phenoxy) is 2. The molecule has 7 heteroatoms. The van der Waals surface area contributed by atoms with Gasteiger partial charge in [-0.15, -0.1) is 0 Å². The fourth-order valence-electron chi connectivity index (χ4n) is 8.55. The first-order valence-electron chi connectivity index (χ1n) is 21.5. The number of hydrogen-bond acceptors (Lipinski definition) is 4. The number of phenolic OH excluding ortho intramolecular Hbond substituents is 2. The third-order valence-electron chi connectivity index (χ3n) is 11.9. The summed E-state index contributed by atoms with van der Waals surface area (Å²) in [5.41, 5.74) is 16.7. The van der Waals surface area contributed by atoms with Gasteiger partial charge < -0.3 is 19.7 Å². The van der Waals surface area contributed by atoms with Crippen LogP contribution in [-0.2, 0) is 20.8 Å². The molecule has 0 aliphatic carbocycles. The number of unbranched alkanes of at least 4 members (excludes halogenated alkanes) is 1. The van der Waals surface area contributed by atoms with Gasteiger partial charge in [0.05, 0.1) is 13.2 Å². The Kier molecular flexibility index (Phi) is 17.6. The summed E-state index contributed by atoms with van der Waals surface area (Å²) in [6, 6.07) is 33.5. The van der Waals surface area contributed by atoms with E-state index in [0.29, 0.717) is 25.0 Å². The van der Waals surface area contributed by atoms with Gasteiger partial charge in [-0.3, -0.25) is 0 Å². The van der Waals surface area contributed by atoms with Crippen LogP contribution in [-0.4, -0.2) is 23.4 Å². The van der Waals surface area contributed by atoms with E-state index in [-0.39, 0.29) is 11.5 Å². The summed E-state index contributed by atoms with van der Waals surface area (Å²) in [7, 11) is 9.87. The molecule has 0 radical (unpaired) electrons. The van der Waals surface area contributed by atoms with Crippen LogP contribution in [0.2, 0.25) is 0 Å². The molecule has 0 spiro atoms. The van der Waals surface area contributed by atoms with Gasteiger partial charge in [0, 0.05) is 33.4 Å². The summed E-state index contributed by atoms with van der Waals surface area (Å²) in [5.74, 6) is 2.72. The van der Waals surface area contributed by atoms with Crippen molar-refractivity contribution in [3.05, 3.63) is 142 Å². The number of halogens is 2. The van der Waals surface area contributed by atoms with Gasteiger partial charge in [-0.2, -0.15) is 0 Å². The van der Waals surface area contributed by atoms with Gasteiger partial charge in [0.15, 0.2) is 0 Å². The molecular weight excluding hydrogens is 875 g/mol. The molecule has 0 aromatic heterocycles. The summed E-state index contributed by atoms with van der Waals surface area (Å²) in [6.07, 6.45) is 3.57. The van der Waals surface area contributed by atoms with Gasteiger partial charge in [-0.1, -0.05) is 99.5 Å². The van der Waals surface area contributed by atoms with Crippen LogP contribution in [0.1, 0.15) is 110 Å². The molecule has 6 aromatic rings. The topological polar surface area (TPSA) is 58.9 Å². The average molecular weight is 937 g/mol. The van der Waals surface area contributed by atoms with E-state index < -0.39 is 20.8 Å². The SMILES string of the molecule is CCC(C)c1cc(-c2ccccc2OCCCCOc2ccccc2-c2cc(C(C)CC)cc(-c3c(C)cc(C)cc3C)c2O)c(O)c(-c2c(C)cc(C)cc2C)c1.[Cl][Zr][Cl]. The van der Waals surface area contributed by atoms with Crippen molar-refractivity contribution in [2.45, 2.75) is 107 Å². The number of para-hydroxylation sites is 2. The second-order valence-electron chi connectivity index (χ2n) is 16.6. The number of benzene rings is 6. The molecule has 2 N–H and O–H groups in total. The van der Waals surface area contributed by atoms with Crippen LogP contribution in [0.4, 0.5) is 0 Å². The molecule has 0 heterocycles. The third kappa shape index (κ3) is 11.5. The summed E-state index contributed by atoms with van der Waals surface area (Å²) in [5, 5.41) is 23.9. The van der Waals surface area contributed by atoms with Gasteiger partial charge in [0.25, 0.3) is 0 Å². The van der Waals surface area contributed by atoms with Crippen LogP contribution in [0.25, 0.3) is 44.5 Å². The first kappa shape index (κ1) is 48.0. The van der Waals surface area contributed by atoms with Gasteiger partial charge in [0.1, 0.15) is 23.0 Å². The molecule has 320 valence electrons. The Balaban J connectivity index is 0.00000228. The number of hydrogen-bond donors (Lipinski definition) is 2. The van der Waals surface area contributed by atoms with Crippen LogP contribution in [0.5, 0.6) is 23.0 Å². The molecule has 0 fully saturated rings. The monoisotopic (exact) mass is 934 g/mol. The maximum atomic E-state index is 12.0. The first-order chi connectivity index (χ1) is 29.2. The van der Waals surface area contributed by atoms with Gasteiger partial charge in [-0.25, -0.2) is 0 Å². The molecule has 2 atom stereocenters. The van der Waals surface area contributed by atoms with Crippen LogP contribution >= 0.6 is 17.0 Å². The predicted molar refractivity (Wildman–Crippen MR) is 256 cm³/mol. The van der Waals surface area contributed by atoms with Crippen LogP contribution in [0, 0.1) is 41.5 Å². The summed E-state index contributed by atoms with van der Waals surface area (Å²) in [6.45, 7) is 22.7. The number of aryl methyl sites for hydroxylation is 6. The average Bonchev–Trinajstić information content (AvgIpc) is 3.22. The van der Waals surface area contributed by atoms with Crippen LogP contribution < -0.4 is 9.47 Å². The Hall–Kier alpha value is -4.02. The van der Waals surface area contributed by atoms with E-state index >= 15 is 0 Å². The van der Waals surface area contributed by atoms with Gasteiger partial charge in [-0.05, 0) is 160 Å². The fraction of sp³-hybridized carbons (Fsp3) is 0.333. The molecule has 4 nitrogen and oxygen atoms in total. The van der Waals surface area contributed by atoms with Crippen molar-refractivity contribution >= 4 is 17.0 Å². The second-order valence-corrected chi connectivity index (χ2v) is 20.3. The Morgan fingerprint density at radius 1 is 0.492 bits per heavy atom. The standard InChI is InChI=1S/C54H62O4.2ClH.Zr/c1-11-35(5)41-29-45(53(55)47(31-41)51-37(7)25-33(3)26-38(51)8)43-19-13-15-21-49(43)57-23-17-18-24-58-50-22-16-14-20-44(50)46-30-42(36(6)12-2)32-48(54(46)56)52-39(9)27-34(4)28-40(52)10;;;/h13-16,19-22,25-32,35-36,55-56H,11-12,17-18,23-24H2,1-10H3;2*1H;/q;;;+2/p-2. The fourth-order valence-corrected chi connectivity index (χ4v) is 8.55. The number of phenols is 2. The zero-order valence-corrected chi connectivity index (χ0v) is 41.6. The molecule has 61 heavy (non-hydrogen) atoms. The molecule has 6 aromatic carbocycles. The van der Waals surface area contributed by atoms with Gasteiger partial charge >= 0.3 is 37.9 Å². The Bertz CT molecular complexity index is 2230. The van der Waals surface area contributed by atoms with Crippen molar-refractivity contribution < 1.29 is 40.5 Å². The molecule has 0 aliphatic rings. The Morgan fingerprint density at radius 3 is 1.13 bits per heavy atom. The molecule has 0 amide bonds. The normalized spacial score (nSPS) is 12.0. The minimum absolute atomic E-state index is 0.280. The molecule has 6 rings (SSSR count). The van der Waals surface area contributed by atoms with E-state index in [4.69, 9.17) is 26.5 Å². The minimum atomic E-state index is -0.826. The van der Waals surface area contributed by atoms with E-state index in [1.807, 2.05) is 48.5 Å². The molecular formula is C54H62Cl2O4Zr. The van der Waals surface area contributed by atoms with E-state index in [9.17, 15) is 10.2 Å². The Morgan fingerprint density at radius 2 is 0.803 bits per heavy atom. The summed E-state index contributed by atoms with van der Waals surface area (Å²) in [4.78, 5) is 0. The van der Waals surface area contributed by atoms with Crippen LogP contribution in [0.15, 0.2) is 97.1 Å². The quantitative estimate of drug-likeness (QED) is 0.101. The van der Waals surface area contributed by atoms with E-state index in [0.717, 1.165) is 104 Å². The van der Waals surface area contributed by atoms with Crippen molar-refractivity contribution in [3.8, 4) is 67.5 Å². The van der Waals surface area contributed by atoms with E-state index in [2.05, 4.69) is 118 Å². The first-order valence-corrected chi connectivity index (χ1v) is 27.9. The van der Waals surface area contributed by atoms with Crippen molar-refractivity contribution in [1.29, 1.82) is 0 Å². The molecule has 0 bridgehead atoms. The third-order valence-corrected chi connectivity index (χ3v) is 11.9. The van der Waals surface area contributed by atoms with E-state index in [1.165, 1.54) is 22.3 Å². The predicted octanol–water partition coefficient (Wildman–Crippen LogP) is 16.3. The van der Waals surface area contributed by atoms with Crippen molar-refractivity contribution in [1.82, 2.24) is 0 Å². The van der Waals surface area contributed by atoms with Crippen molar-refractivity contribution in [2.24, 2.45) is 0 Å². The summed E-state index contributed by atoms with van der Waals surface area (Å²) < 4.78 is 12.9. The zero-order valence-electron chi connectivity index (χ0n) is 37.6. The maximum absolute atomic E-state index is 12.0. The summed E-state index contributed by atoms with van der Waals surface area (Å²) >= 11 is -0.826. The van der Waals surface area contributed by atoms with Crippen molar-refractivity contribution in [2.75, 3.05) is 13.2 Å². The second kappa shape index (κ2) is 22.4. The number of aromatic hydroxyl groups is 2. The van der Waals surface area contributed by atoms with Crippen LogP contribution in [0.3, 0.4) is 0 Å². The van der Waals surface area contributed by atoms with Gasteiger partial charge in [0.2, 0.25) is 0 Å². The molecule has 0 aliphatic heterocycles. The van der Waals surface area contributed by atoms with Crippen molar-refractivity contribution in [3.63, 3.8) is 0 Å². The number of rotatable bonds is 15. The molecule has 0 saturated carbocycles.